The highest BCUT2D eigenvalue weighted by molar-refractivity contribution is 6.42. The molecule has 0 unspecified atom stereocenters. The molecule has 18 heavy (non-hydrogen) atoms. The van der Waals surface area contributed by atoms with Gasteiger partial charge >= 0.3 is 0 Å². The quantitative estimate of drug-likeness (QED) is 0.777. The van der Waals surface area contributed by atoms with Gasteiger partial charge in [0.15, 0.2) is 0 Å². The Hall–Kier alpha value is -1.51. The van der Waals surface area contributed by atoms with Crippen LogP contribution in [0, 0.1) is 0 Å². The van der Waals surface area contributed by atoms with Crippen LogP contribution in [0.25, 0.3) is 0 Å². The maximum Gasteiger partial charge on any atom is 0.150 e. The van der Waals surface area contributed by atoms with Crippen LogP contribution >= 0.6 is 23.2 Å². The van der Waals surface area contributed by atoms with E-state index in [-0.39, 0.29) is 0 Å². The Balaban J connectivity index is 2.06. The summed E-state index contributed by atoms with van der Waals surface area (Å²) in [5.41, 5.74) is 1.50. The van der Waals surface area contributed by atoms with Crippen LogP contribution in [-0.4, -0.2) is 6.29 Å². The molecule has 0 amide bonds. The van der Waals surface area contributed by atoms with Gasteiger partial charge in [-0.2, -0.15) is 0 Å². The Morgan fingerprint density at radius 2 is 1.89 bits per heavy atom. The van der Waals surface area contributed by atoms with Gasteiger partial charge in [0.1, 0.15) is 18.6 Å². The van der Waals surface area contributed by atoms with Gasteiger partial charge in [-0.1, -0.05) is 41.4 Å². The summed E-state index contributed by atoms with van der Waals surface area (Å²) in [6.07, 6.45) is 0.784. The molecule has 0 saturated heterocycles. The molecule has 0 spiro atoms. The van der Waals surface area contributed by atoms with E-state index in [0.717, 1.165) is 11.8 Å². The van der Waals surface area contributed by atoms with Crippen molar-refractivity contribution in [2.24, 2.45) is 0 Å². The number of benzene rings is 2. The Bertz CT molecular complexity index is 567. The molecule has 0 bridgehead atoms. The normalized spacial score (nSPS) is 10.1. The summed E-state index contributed by atoms with van der Waals surface area (Å²) in [6, 6.07) is 12.3. The molecule has 0 saturated carbocycles. The molecule has 0 aromatic heterocycles. The molecule has 2 aromatic carbocycles. The minimum Gasteiger partial charge on any atom is -0.489 e. The van der Waals surface area contributed by atoms with Crippen molar-refractivity contribution in [3.63, 3.8) is 0 Å². The first kappa shape index (κ1) is 12.9. The summed E-state index contributed by atoms with van der Waals surface area (Å²) in [7, 11) is 0. The molecule has 0 atom stereocenters. The predicted octanol–water partition coefficient (Wildman–Crippen LogP) is 4.38. The van der Waals surface area contributed by atoms with E-state index in [4.69, 9.17) is 27.9 Å². The van der Waals surface area contributed by atoms with Crippen molar-refractivity contribution in [3.8, 4) is 5.75 Å². The van der Waals surface area contributed by atoms with Crippen LogP contribution in [0.2, 0.25) is 10.0 Å². The fourth-order valence-electron chi connectivity index (χ4n) is 1.47. The lowest BCUT2D eigenvalue weighted by atomic mass is 10.2. The molecule has 0 aliphatic carbocycles. The molecule has 0 heterocycles. The van der Waals surface area contributed by atoms with Crippen LogP contribution in [-0.2, 0) is 6.61 Å². The highest BCUT2D eigenvalue weighted by Crippen LogP contribution is 2.23. The van der Waals surface area contributed by atoms with Crippen LogP contribution in [0.3, 0.4) is 0 Å². The van der Waals surface area contributed by atoms with Crippen molar-refractivity contribution in [1.82, 2.24) is 0 Å². The van der Waals surface area contributed by atoms with Crippen LogP contribution < -0.4 is 4.74 Å². The van der Waals surface area contributed by atoms with Gasteiger partial charge in [0.2, 0.25) is 0 Å². The lowest BCUT2D eigenvalue weighted by Crippen LogP contribution is -1.96. The lowest BCUT2D eigenvalue weighted by Gasteiger charge is -2.07. The molecule has 0 aliphatic rings. The van der Waals surface area contributed by atoms with Gasteiger partial charge in [0.25, 0.3) is 0 Å². The van der Waals surface area contributed by atoms with E-state index < -0.39 is 0 Å². The summed E-state index contributed by atoms with van der Waals surface area (Å²) in [5, 5.41) is 1.02. The zero-order valence-electron chi connectivity index (χ0n) is 9.40. The van der Waals surface area contributed by atoms with Gasteiger partial charge in [-0.15, -0.1) is 0 Å². The fraction of sp³-hybridized carbons (Fsp3) is 0.0714. The Morgan fingerprint density at radius 1 is 1.06 bits per heavy atom. The minimum atomic E-state index is 0.374. The summed E-state index contributed by atoms with van der Waals surface area (Å²) >= 11 is 11.7. The van der Waals surface area contributed by atoms with Crippen LogP contribution in [0.4, 0.5) is 0 Å². The van der Waals surface area contributed by atoms with Gasteiger partial charge in [0.05, 0.1) is 10.0 Å². The number of carbonyl (C=O) groups excluding carboxylic acids is 1. The maximum absolute atomic E-state index is 10.6. The van der Waals surface area contributed by atoms with E-state index in [9.17, 15) is 4.79 Å². The average molecular weight is 281 g/mol. The predicted molar refractivity (Wildman–Crippen MR) is 72.6 cm³/mol. The van der Waals surface area contributed by atoms with Crippen molar-refractivity contribution in [3.05, 3.63) is 63.6 Å². The maximum atomic E-state index is 10.6. The summed E-state index contributed by atoms with van der Waals surface area (Å²) < 4.78 is 5.57. The summed E-state index contributed by atoms with van der Waals surface area (Å²) in [6.45, 7) is 0.374. The molecule has 0 radical (unpaired) electrons. The minimum absolute atomic E-state index is 0.374. The Labute approximate surface area is 115 Å². The molecule has 2 nitrogen and oxygen atoms in total. The van der Waals surface area contributed by atoms with Crippen molar-refractivity contribution in [2.75, 3.05) is 0 Å². The third-order valence-electron chi connectivity index (χ3n) is 2.38. The largest absolute Gasteiger partial charge is 0.489 e. The number of hydrogen-bond acceptors (Lipinski definition) is 2. The molecule has 2 aromatic rings. The zero-order valence-corrected chi connectivity index (χ0v) is 10.9. The molecule has 0 N–H and O–H groups in total. The van der Waals surface area contributed by atoms with Gasteiger partial charge in [-0.25, -0.2) is 0 Å². The molecular weight excluding hydrogens is 271 g/mol. The standard InChI is InChI=1S/C14H10Cl2O2/c15-13-5-4-11(7-14(13)16)9-18-12-3-1-2-10(6-12)8-17/h1-8H,9H2. The van der Waals surface area contributed by atoms with Crippen LogP contribution in [0.5, 0.6) is 5.75 Å². The number of ether oxygens (including phenoxy) is 1. The Kier molecular flexibility index (Phi) is 4.24. The van der Waals surface area contributed by atoms with Crippen LogP contribution in [0.15, 0.2) is 42.5 Å². The molecule has 0 fully saturated rings. The second kappa shape index (κ2) is 5.89. The van der Waals surface area contributed by atoms with E-state index in [1.807, 2.05) is 6.07 Å². The zero-order chi connectivity index (χ0) is 13.0. The van der Waals surface area contributed by atoms with E-state index >= 15 is 0 Å². The third-order valence-corrected chi connectivity index (χ3v) is 3.12. The summed E-state index contributed by atoms with van der Waals surface area (Å²) in [4.78, 5) is 10.6. The lowest BCUT2D eigenvalue weighted by molar-refractivity contribution is 0.112. The highest BCUT2D eigenvalue weighted by atomic mass is 35.5. The van der Waals surface area contributed by atoms with Gasteiger partial charge in [-0.05, 0) is 29.8 Å². The summed E-state index contributed by atoms with van der Waals surface area (Å²) in [5.74, 6) is 0.644. The van der Waals surface area contributed by atoms with Crippen molar-refractivity contribution in [1.29, 1.82) is 0 Å². The van der Waals surface area contributed by atoms with Gasteiger partial charge in [0, 0.05) is 5.56 Å². The number of rotatable bonds is 4. The molecule has 92 valence electrons. The molecule has 4 heteroatoms. The number of carbonyl (C=O) groups is 1. The van der Waals surface area contributed by atoms with E-state index in [1.165, 1.54) is 0 Å². The molecule has 0 aliphatic heterocycles. The van der Waals surface area contributed by atoms with Gasteiger partial charge in [-0.3, -0.25) is 4.79 Å². The molecule has 2 rings (SSSR count). The number of halogens is 2. The van der Waals surface area contributed by atoms with Crippen molar-refractivity contribution >= 4 is 29.5 Å². The van der Waals surface area contributed by atoms with Crippen LogP contribution in [0.1, 0.15) is 15.9 Å². The van der Waals surface area contributed by atoms with Crippen molar-refractivity contribution in [2.45, 2.75) is 6.61 Å². The van der Waals surface area contributed by atoms with E-state index in [0.29, 0.717) is 28.0 Å². The fourth-order valence-corrected chi connectivity index (χ4v) is 1.79. The van der Waals surface area contributed by atoms with E-state index in [2.05, 4.69) is 0 Å². The van der Waals surface area contributed by atoms with Gasteiger partial charge < -0.3 is 4.74 Å². The monoisotopic (exact) mass is 280 g/mol. The Morgan fingerprint density at radius 3 is 2.61 bits per heavy atom. The van der Waals surface area contributed by atoms with E-state index in [1.54, 1.807) is 36.4 Å². The third kappa shape index (κ3) is 3.25. The first-order chi connectivity index (χ1) is 8.69. The SMILES string of the molecule is O=Cc1cccc(OCc2ccc(Cl)c(Cl)c2)c1. The number of hydrogen-bond donors (Lipinski definition) is 0. The second-order valence-corrected chi connectivity index (χ2v) is 4.54. The first-order valence-electron chi connectivity index (χ1n) is 5.31. The topological polar surface area (TPSA) is 26.3 Å². The first-order valence-corrected chi connectivity index (χ1v) is 6.06. The molecular formula is C14H10Cl2O2. The smallest absolute Gasteiger partial charge is 0.150 e. The highest BCUT2D eigenvalue weighted by Gasteiger charge is 2.01. The average Bonchev–Trinajstić information content (AvgIpc) is 2.40. The number of aldehydes is 1. The second-order valence-electron chi connectivity index (χ2n) is 3.73. The van der Waals surface area contributed by atoms with Crippen molar-refractivity contribution < 1.29 is 9.53 Å².